The number of halogens is 1. The van der Waals surface area contributed by atoms with Crippen LogP contribution in [0.1, 0.15) is 49.3 Å². The van der Waals surface area contributed by atoms with Crippen molar-refractivity contribution in [3.63, 3.8) is 0 Å². The molecule has 2 aromatic rings. The van der Waals surface area contributed by atoms with Crippen molar-refractivity contribution in [1.29, 1.82) is 0 Å². The molecule has 0 fully saturated rings. The molecule has 2 atom stereocenters. The van der Waals surface area contributed by atoms with Crippen molar-refractivity contribution in [1.82, 2.24) is 4.90 Å². The van der Waals surface area contributed by atoms with Crippen LogP contribution in [0.25, 0.3) is 0 Å². The van der Waals surface area contributed by atoms with Crippen LogP contribution in [-0.2, 0) is 27.1 Å². The standard InChI is InChI=1S/C30H42FNO6/c1-20(2)29-24-9-8-22(31)16-21(24)10-12-30(29,38-28(33)19-34-4)13-15-32(3)14-11-25-26(36-6)17-23(35-5)18-27(25)37-7/h8-9,16-18,20,29H,10-15,19H2,1-7H3/t29-,30-/m1/s1. The lowest BCUT2D eigenvalue weighted by Gasteiger charge is -2.47. The molecule has 8 heteroatoms. The van der Waals surface area contributed by atoms with Gasteiger partial charge in [0.05, 0.1) is 21.3 Å². The largest absolute Gasteiger partial charge is 0.496 e. The summed E-state index contributed by atoms with van der Waals surface area (Å²) in [5.41, 5.74) is 2.32. The normalized spacial score (nSPS) is 18.8. The maximum atomic E-state index is 14.0. The molecule has 0 saturated carbocycles. The molecule has 0 heterocycles. The Bertz CT molecular complexity index is 1070. The van der Waals surface area contributed by atoms with Crippen molar-refractivity contribution in [3.8, 4) is 17.2 Å². The van der Waals surface area contributed by atoms with Crippen LogP contribution in [0.3, 0.4) is 0 Å². The second-order valence-electron chi connectivity index (χ2n) is 10.4. The number of carbonyl (C=O) groups excluding carboxylic acids is 1. The first-order valence-electron chi connectivity index (χ1n) is 13.1. The lowest BCUT2D eigenvalue weighted by Crippen LogP contribution is -2.49. The third-order valence-corrected chi connectivity index (χ3v) is 7.55. The number of ether oxygens (including phenoxy) is 5. The number of hydrogen-bond donors (Lipinski definition) is 0. The number of esters is 1. The highest BCUT2D eigenvalue weighted by Gasteiger charge is 2.47. The maximum absolute atomic E-state index is 14.0. The molecule has 0 radical (unpaired) electrons. The van der Waals surface area contributed by atoms with Crippen molar-refractivity contribution in [2.24, 2.45) is 5.92 Å². The zero-order valence-electron chi connectivity index (χ0n) is 23.8. The minimum Gasteiger partial charge on any atom is -0.496 e. The molecule has 0 spiro atoms. The van der Waals surface area contributed by atoms with Gasteiger partial charge in [0.1, 0.15) is 35.3 Å². The van der Waals surface area contributed by atoms with Crippen LogP contribution in [0.5, 0.6) is 17.2 Å². The summed E-state index contributed by atoms with van der Waals surface area (Å²) >= 11 is 0. The van der Waals surface area contributed by atoms with E-state index < -0.39 is 5.60 Å². The average Bonchev–Trinajstić information content (AvgIpc) is 2.90. The Kier molecular flexibility index (Phi) is 10.4. The first-order valence-corrected chi connectivity index (χ1v) is 13.1. The monoisotopic (exact) mass is 531 g/mol. The molecule has 1 aliphatic rings. The minimum absolute atomic E-state index is 0.0529. The summed E-state index contributed by atoms with van der Waals surface area (Å²) in [7, 11) is 8.43. The molecule has 0 aromatic heterocycles. The van der Waals surface area contributed by atoms with Crippen molar-refractivity contribution in [2.45, 2.75) is 51.0 Å². The van der Waals surface area contributed by atoms with Crippen molar-refractivity contribution < 1.29 is 32.9 Å². The highest BCUT2D eigenvalue weighted by Crippen LogP contribution is 2.48. The molecule has 0 saturated heterocycles. The van der Waals surface area contributed by atoms with E-state index in [1.54, 1.807) is 27.4 Å². The van der Waals surface area contributed by atoms with Gasteiger partial charge >= 0.3 is 5.97 Å². The summed E-state index contributed by atoms with van der Waals surface area (Å²) in [5.74, 6) is 1.63. The highest BCUT2D eigenvalue weighted by molar-refractivity contribution is 5.71. The zero-order valence-corrected chi connectivity index (χ0v) is 23.8. The number of carbonyl (C=O) groups is 1. The molecule has 2 aromatic carbocycles. The van der Waals surface area contributed by atoms with Crippen LogP contribution in [0.4, 0.5) is 4.39 Å². The molecule has 0 N–H and O–H groups in total. The van der Waals surface area contributed by atoms with E-state index >= 15 is 0 Å². The van der Waals surface area contributed by atoms with Crippen molar-refractivity contribution in [2.75, 3.05) is 55.2 Å². The van der Waals surface area contributed by atoms with Gasteiger partial charge in [-0.1, -0.05) is 19.9 Å². The van der Waals surface area contributed by atoms with Crippen molar-refractivity contribution in [3.05, 3.63) is 52.8 Å². The second kappa shape index (κ2) is 13.3. The van der Waals surface area contributed by atoms with Crippen LogP contribution in [0.2, 0.25) is 0 Å². The molecule has 3 rings (SSSR count). The van der Waals surface area contributed by atoms with E-state index in [0.29, 0.717) is 38.0 Å². The van der Waals surface area contributed by atoms with Crippen LogP contribution < -0.4 is 14.2 Å². The zero-order chi connectivity index (χ0) is 27.9. The number of fused-ring (bicyclic) bond motifs is 1. The first kappa shape index (κ1) is 29.7. The molecule has 0 aliphatic heterocycles. The predicted molar refractivity (Wildman–Crippen MR) is 145 cm³/mol. The van der Waals surface area contributed by atoms with Crippen LogP contribution >= 0.6 is 0 Å². The number of benzene rings is 2. The number of aryl methyl sites for hydroxylation is 1. The Labute approximate surface area is 226 Å². The topological polar surface area (TPSA) is 66.5 Å². The molecule has 0 amide bonds. The SMILES string of the molecule is COCC(=O)O[C@@]1(CCN(C)CCc2c(OC)cc(OC)cc2OC)CCc2cc(F)ccc2[C@H]1C(C)C. The number of hydrogen-bond acceptors (Lipinski definition) is 7. The molecule has 0 bridgehead atoms. The fourth-order valence-electron chi connectivity index (χ4n) is 5.78. The summed E-state index contributed by atoms with van der Waals surface area (Å²) in [5, 5.41) is 0. The van der Waals surface area contributed by atoms with Gasteiger partial charge in [0.25, 0.3) is 0 Å². The predicted octanol–water partition coefficient (Wildman–Crippen LogP) is 5.03. The van der Waals surface area contributed by atoms with Gasteiger partial charge in [0.2, 0.25) is 0 Å². The Hall–Kier alpha value is -2.84. The van der Waals surface area contributed by atoms with Crippen LogP contribution in [0.15, 0.2) is 30.3 Å². The van der Waals surface area contributed by atoms with Crippen molar-refractivity contribution >= 4 is 5.97 Å². The van der Waals surface area contributed by atoms with Crippen LogP contribution in [0, 0.1) is 11.7 Å². The summed E-state index contributed by atoms with van der Waals surface area (Å²) < 4.78 is 41.9. The number of rotatable bonds is 13. The maximum Gasteiger partial charge on any atom is 0.332 e. The number of methoxy groups -OCH3 is 4. The van der Waals surface area contributed by atoms with E-state index in [4.69, 9.17) is 23.7 Å². The van der Waals surface area contributed by atoms with Crippen LogP contribution in [-0.4, -0.2) is 71.7 Å². The average molecular weight is 532 g/mol. The fourth-order valence-corrected chi connectivity index (χ4v) is 5.78. The van der Waals surface area contributed by atoms with Gasteiger partial charge in [-0.25, -0.2) is 9.18 Å². The second-order valence-corrected chi connectivity index (χ2v) is 10.4. The molecule has 0 unspecified atom stereocenters. The van der Waals surface area contributed by atoms with Gasteiger partial charge in [-0.15, -0.1) is 0 Å². The van der Waals surface area contributed by atoms with E-state index in [1.165, 1.54) is 13.2 Å². The Morgan fingerprint density at radius 1 is 1.05 bits per heavy atom. The van der Waals surface area contributed by atoms with Gasteiger partial charge in [-0.05, 0) is 55.5 Å². The van der Waals surface area contributed by atoms with E-state index in [2.05, 4.69) is 25.8 Å². The van der Waals surface area contributed by atoms with E-state index in [0.717, 1.165) is 34.7 Å². The number of likely N-dealkylation sites (N-methyl/N-ethyl adjacent to an activating group) is 1. The molecular weight excluding hydrogens is 489 g/mol. The first-order chi connectivity index (χ1) is 18.2. The smallest absolute Gasteiger partial charge is 0.332 e. The Morgan fingerprint density at radius 2 is 1.74 bits per heavy atom. The summed E-state index contributed by atoms with van der Waals surface area (Å²) in [6.45, 7) is 5.62. The third-order valence-electron chi connectivity index (χ3n) is 7.55. The quantitative estimate of drug-likeness (QED) is 0.336. The summed E-state index contributed by atoms with van der Waals surface area (Å²) in [6.07, 6.45) is 2.64. The highest BCUT2D eigenvalue weighted by atomic mass is 19.1. The summed E-state index contributed by atoms with van der Waals surface area (Å²) in [4.78, 5) is 15.0. The molecule has 210 valence electrons. The van der Waals surface area contributed by atoms with Gasteiger partial charge in [0.15, 0.2) is 0 Å². The molecule has 38 heavy (non-hydrogen) atoms. The van der Waals surface area contributed by atoms with E-state index in [-0.39, 0.29) is 30.2 Å². The molecular formula is C30H42FNO6. The molecule has 7 nitrogen and oxygen atoms in total. The number of nitrogens with zero attached hydrogens (tertiary/aromatic N) is 1. The summed E-state index contributed by atoms with van der Waals surface area (Å²) in [6, 6.07) is 8.70. The lowest BCUT2D eigenvalue weighted by atomic mass is 9.65. The molecule has 1 aliphatic carbocycles. The fraction of sp³-hybridized carbons (Fsp3) is 0.567. The van der Waals surface area contributed by atoms with Gasteiger partial charge in [-0.2, -0.15) is 0 Å². The van der Waals surface area contributed by atoms with E-state index in [1.807, 2.05) is 18.2 Å². The van der Waals surface area contributed by atoms with Gasteiger partial charge in [-0.3, -0.25) is 0 Å². The lowest BCUT2D eigenvalue weighted by molar-refractivity contribution is -0.172. The Morgan fingerprint density at radius 3 is 2.32 bits per heavy atom. The Balaban J connectivity index is 1.82. The van der Waals surface area contributed by atoms with E-state index in [9.17, 15) is 9.18 Å². The van der Waals surface area contributed by atoms with Gasteiger partial charge < -0.3 is 28.6 Å². The minimum atomic E-state index is -0.710. The third kappa shape index (κ3) is 6.77. The van der Waals surface area contributed by atoms with Gasteiger partial charge in [0, 0.05) is 50.2 Å².